The fraction of sp³-hybridized carbons (Fsp3) is 0.238. The highest BCUT2D eigenvalue weighted by Crippen LogP contribution is 2.45. The van der Waals surface area contributed by atoms with Crippen LogP contribution in [0.2, 0.25) is 0 Å². The van der Waals surface area contributed by atoms with Gasteiger partial charge in [-0.2, -0.15) is 5.10 Å². The number of nitrogens with one attached hydrogen (secondary N) is 1. The number of sulfonamides is 1. The maximum absolute atomic E-state index is 13.2. The number of carbonyl (C=O) groups excluding carboxylic acids is 1. The van der Waals surface area contributed by atoms with Crippen LogP contribution in [-0.4, -0.2) is 37.8 Å². The van der Waals surface area contributed by atoms with Crippen molar-refractivity contribution < 1.29 is 17.9 Å². The molecule has 12 heteroatoms. The fourth-order valence-corrected chi connectivity index (χ4v) is 4.85. The average molecular weight is 524 g/mol. The summed E-state index contributed by atoms with van der Waals surface area (Å²) in [6.07, 6.45) is 1.54. The van der Waals surface area contributed by atoms with Crippen LogP contribution in [0, 0.1) is 0 Å². The smallest absolute Gasteiger partial charge is 0.276 e. The zero-order valence-electron chi connectivity index (χ0n) is 18.5. The maximum Gasteiger partial charge on any atom is 0.276 e. The number of rotatable bonds is 8. The zero-order chi connectivity index (χ0) is 24.4. The van der Waals surface area contributed by atoms with Gasteiger partial charge in [-0.3, -0.25) is 14.2 Å². The molecule has 33 heavy (non-hydrogen) atoms. The van der Waals surface area contributed by atoms with Gasteiger partial charge in [-0.05, 0) is 42.8 Å². The van der Waals surface area contributed by atoms with Gasteiger partial charge in [0.2, 0.25) is 0 Å². The SMILES string of the molecule is CCOc1cc(N(C)C(=O)c2ccnn2C)ccc1S(=O)(=O)Nc1cccc(C(P)(P)P)c1. The van der Waals surface area contributed by atoms with E-state index in [0.717, 1.165) is 5.56 Å². The first-order valence-corrected chi connectivity index (χ1v) is 13.2. The Hall–Kier alpha value is -2.04. The Bertz CT molecular complexity index is 1270. The van der Waals surface area contributed by atoms with Gasteiger partial charge in [0.05, 0.1) is 6.61 Å². The molecule has 0 spiro atoms. The van der Waals surface area contributed by atoms with E-state index in [1.165, 1.54) is 15.6 Å². The van der Waals surface area contributed by atoms with E-state index in [-0.39, 0.29) is 27.8 Å². The number of anilines is 2. The molecule has 2 aromatic carbocycles. The molecule has 0 aliphatic rings. The minimum atomic E-state index is -3.95. The van der Waals surface area contributed by atoms with Gasteiger partial charge in [-0.1, -0.05) is 12.1 Å². The Morgan fingerprint density at radius 1 is 1.18 bits per heavy atom. The molecule has 1 aromatic heterocycles. The lowest BCUT2D eigenvalue weighted by molar-refractivity contribution is 0.0984. The zero-order valence-corrected chi connectivity index (χ0v) is 22.8. The lowest BCUT2D eigenvalue weighted by Crippen LogP contribution is -2.28. The molecule has 176 valence electrons. The molecule has 0 aliphatic heterocycles. The van der Waals surface area contributed by atoms with E-state index < -0.39 is 10.0 Å². The van der Waals surface area contributed by atoms with Crippen molar-refractivity contribution in [2.24, 2.45) is 7.05 Å². The van der Waals surface area contributed by atoms with Crippen LogP contribution in [0.1, 0.15) is 23.0 Å². The van der Waals surface area contributed by atoms with Crippen molar-refractivity contribution in [1.82, 2.24) is 9.78 Å². The summed E-state index contributed by atoms with van der Waals surface area (Å²) in [5.41, 5.74) is 2.23. The predicted octanol–water partition coefficient (Wildman–Crippen LogP) is 3.63. The van der Waals surface area contributed by atoms with Gasteiger partial charge in [-0.15, -0.1) is 27.7 Å². The number of benzene rings is 2. The normalized spacial score (nSPS) is 11.8. The number of amides is 1. The molecule has 0 saturated heterocycles. The highest BCUT2D eigenvalue weighted by Gasteiger charge is 2.24. The second kappa shape index (κ2) is 10.1. The van der Waals surface area contributed by atoms with E-state index in [2.05, 4.69) is 37.5 Å². The molecule has 0 radical (unpaired) electrons. The number of ether oxygens (including phenoxy) is 1. The highest BCUT2D eigenvalue weighted by atomic mass is 32.2. The lowest BCUT2D eigenvalue weighted by Gasteiger charge is -2.21. The van der Waals surface area contributed by atoms with Crippen molar-refractivity contribution in [3.05, 3.63) is 66.0 Å². The third-order valence-corrected chi connectivity index (χ3v) is 7.28. The van der Waals surface area contributed by atoms with Gasteiger partial charge in [-0.25, -0.2) is 8.42 Å². The second-order valence-corrected chi connectivity index (χ2v) is 13.9. The molecule has 0 saturated carbocycles. The molecule has 1 heterocycles. The average Bonchev–Trinajstić information content (AvgIpc) is 3.18. The van der Waals surface area contributed by atoms with Crippen molar-refractivity contribution >= 4 is 55.0 Å². The minimum Gasteiger partial charge on any atom is -0.492 e. The van der Waals surface area contributed by atoms with E-state index in [4.69, 9.17) is 4.74 Å². The summed E-state index contributed by atoms with van der Waals surface area (Å²) in [7, 11) is 7.35. The summed E-state index contributed by atoms with van der Waals surface area (Å²) in [6.45, 7) is 2.03. The third-order valence-electron chi connectivity index (χ3n) is 4.86. The summed E-state index contributed by atoms with van der Waals surface area (Å²) >= 11 is 0. The van der Waals surface area contributed by atoms with E-state index in [0.29, 0.717) is 17.1 Å². The molecule has 3 rings (SSSR count). The molecule has 3 atom stereocenters. The first-order chi connectivity index (χ1) is 15.4. The Morgan fingerprint density at radius 2 is 1.91 bits per heavy atom. The Labute approximate surface area is 201 Å². The Kier molecular flexibility index (Phi) is 7.80. The van der Waals surface area contributed by atoms with Crippen molar-refractivity contribution in [3.8, 4) is 5.75 Å². The van der Waals surface area contributed by atoms with Crippen LogP contribution in [0.25, 0.3) is 0 Å². The minimum absolute atomic E-state index is 0.0197. The van der Waals surface area contributed by atoms with Crippen LogP contribution in [0.5, 0.6) is 5.75 Å². The van der Waals surface area contributed by atoms with E-state index >= 15 is 0 Å². The highest BCUT2D eigenvalue weighted by molar-refractivity contribution is 7.92. The number of aryl methyl sites for hydroxylation is 1. The van der Waals surface area contributed by atoms with Gasteiger partial charge >= 0.3 is 0 Å². The molecular weight excluding hydrogens is 497 g/mol. The van der Waals surface area contributed by atoms with E-state index in [1.54, 1.807) is 63.6 Å². The van der Waals surface area contributed by atoms with Crippen LogP contribution in [0.4, 0.5) is 11.4 Å². The number of aromatic nitrogens is 2. The monoisotopic (exact) mass is 524 g/mol. The Morgan fingerprint density at radius 3 is 2.52 bits per heavy atom. The quantitative estimate of drug-likeness (QED) is 0.455. The van der Waals surface area contributed by atoms with E-state index in [9.17, 15) is 13.2 Å². The second-order valence-electron chi connectivity index (χ2n) is 7.39. The topological polar surface area (TPSA) is 93.5 Å². The fourth-order valence-electron chi connectivity index (χ4n) is 3.13. The molecule has 1 amide bonds. The summed E-state index contributed by atoms with van der Waals surface area (Å²) in [5, 5.41) is 4.02. The maximum atomic E-state index is 13.2. The molecule has 3 aromatic rings. The summed E-state index contributed by atoms with van der Waals surface area (Å²) in [5.74, 6) is -0.125. The molecule has 0 fully saturated rings. The van der Waals surface area contributed by atoms with Gasteiger partial charge in [0.15, 0.2) is 0 Å². The molecule has 8 nitrogen and oxygen atoms in total. The number of carbonyl (C=O) groups is 1. The molecule has 3 unspecified atom stereocenters. The van der Waals surface area contributed by atoms with Gasteiger partial charge < -0.3 is 9.64 Å². The number of nitrogens with zero attached hydrogens (tertiary/aromatic N) is 3. The number of hydrogen-bond donors (Lipinski definition) is 1. The van der Waals surface area contributed by atoms with Gasteiger partial charge in [0, 0.05) is 42.4 Å². The number of hydrogen-bond acceptors (Lipinski definition) is 5. The Balaban J connectivity index is 1.94. The van der Waals surface area contributed by atoms with Crippen LogP contribution < -0.4 is 14.4 Å². The van der Waals surface area contributed by atoms with Crippen LogP contribution >= 0.6 is 27.7 Å². The first-order valence-electron chi connectivity index (χ1n) is 9.97. The van der Waals surface area contributed by atoms with Crippen LogP contribution in [0.3, 0.4) is 0 Å². The van der Waals surface area contributed by atoms with Crippen molar-refractivity contribution in [2.45, 2.75) is 16.5 Å². The van der Waals surface area contributed by atoms with E-state index in [1.807, 2.05) is 6.07 Å². The predicted molar refractivity (Wildman–Crippen MR) is 142 cm³/mol. The standard InChI is InChI=1S/C21H27N4O4P3S/c1-4-29-18-13-16(24(2)20(26)17-10-11-22-25(17)3)8-9-19(18)33(27,28)23-15-7-5-6-14(12-15)21(30,31)32/h5-13,23H,4,30-32H2,1-3H3. The third kappa shape index (κ3) is 5.91. The molecular formula is C21H27N4O4P3S. The summed E-state index contributed by atoms with van der Waals surface area (Å²) in [4.78, 5) is 14.2. The molecule has 0 bridgehead atoms. The van der Waals surface area contributed by atoms with Crippen LogP contribution in [0.15, 0.2) is 59.6 Å². The van der Waals surface area contributed by atoms with Crippen molar-refractivity contribution in [1.29, 1.82) is 0 Å². The summed E-state index contributed by atoms with van der Waals surface area (Å²) in [6, 6.07) is 13.3. The largest absolute Gasteiger partial charge is 0.492 e. The lowest BCUT2D eigenvalue weighted by atomic mass is 10.2. The first kappa shape index (κ1) is 25.6. The van der Waals surface area contributed by atoms with Gasteiger partial charge in [0.25, 0.3) is 15.9 Å². The van der Waals surface area contributed by atoms with Crippen molar-refractivity contribution in [3.63, 3.8) is 0 Å². The van der Waals surface area contributed by atoms with Crippen LogP contribution in [-0.2, 0) is 21.7 Å². The molecule has 0 aliphatic carbocycles. The van der Waals surface area contributed by atoms with Crippen molar-refractivity contribution in [2.75, 3.05) is 23.3 Å². The molecule has 1 N–H and O–H groups in total. The van der Waals surface area contributed by atoms with Gasteiger partial charge in [0.1, 0.15) is 16.3 Å². The summed E-state index contributed by atoms with van der Waals surface area (Å²) < 4.78 is 35.8.